The van der Waals surface area contributed by atoms with Crippen LogP contribution in [0.1, 0.15) is 54.4 Å². The van der Waals surface area contributed by atoms with Crippen molar-refractivity contribution in [3.8, 4) is 0 Å². The Morgan fingerprint density at radius 3 is 2.69 bits per heavy atom. The smallest absolute Gasteiger partial charge is 0.0905 e. The average Bonchev–Trinajstić information content (AvgIpc) is 2.72. The second-order valence-corrected chi connectivity index (χ2v) is 7.57. The summed E-state index contributed by atoms with van der Waals surface area (Å²) < 4.78 is 6.55. The standard InChI is InChI=1S/C23H30N2O/c1-2-8-18(9-3-1)23(26-15-13-20-11-6-7-14-25-20)22-17-24-16-19-10-4-5-12-21(19)22/h1-5,8-10,12,20,22-25H,6-7,11,13-17H2. The monoisotopic (exact) mass is 350 g/mol. The lowest BCUT2D eigenvalue weighted by Crippen LogP contribution is -2.36. The quantitative estimate of drug-likeness (QED) is 0.820. The highest BCUT2D eigenvalue weighted by Gasteiger charge is 2.29. The zero-order valence-electron chi connectivity index (χ0n) is 15.5. The van der Waals surface area contributed by atoms with Crippen molar-refractivity contribution in [2.24, 2.45) is 0 Å². The Hall–Kier alpha value is -1.68. The van der Waals surface area contributed by atoms with Gasteiger partial charge in [0, 0.05) is 31.7 Å². The molecule has 0 radical (unpaired) electrons. The first-order valence-electron chi connectivity index (χ1n) is 10.1. The normalized spacial score (nSPS) is 24.0. The molecule has 2 aromatic rings. The summed E-state index contributed by atoms with van der Waals surface area (Å²) in [7, 11) is 0. The molecule has 2 aliphatic rings. The van der Waals surface area contributed by atoms with Gasteiger partial charge in [-0.15, -0.1) is 0 Å². The van der Waals surface area contributed by atoms with Gasteiger partial charge in [0.05, 0.1) is 6.10 Å². The number of rotatable bonds is 6. The van der Waals surface area contributed by atoms with E-state index >= 15 is 0 Å². The van der Waals surface area contributed by atoms with Crippen LogP contribution in [0.4, 0.5) is 0 Å². The summed E-state index contributed by atoms with van der Waals surface area (Å²) in [5.74, 6) is 0.363. The van der Waals surface area contributed by atoms with Gasteiger partial charge in [-0.25, -0.2) is 0 Å². The van der Waals surface area contributed by atoms with E-state index in [0.717, 1.165) is 32.7 Å². The Bertz CT molecular complexity index is 682. The van der Waals surface area contributed by atoms with E-state index in [4.69, 9.17) is 4.74 Å². The molecule has 4 rings (SSSR count). The lowest BCUT2D eigenvalue weighted by atomic mass is 9.84. The molecule has 3 unspecified atom stereocenters. The van der Waals surface area contributed by atoms with E-state index in [-0.39, 0.29) is 6.10 Å². The van der Waals surface area contributed by atoms with Crippen molar-refractivity contribution >= 4 is 0 Å². The van der Waals surface area contributed by atoms with Crippen molar-refractivity contribution in [1.82, 2.24) is 10.6 Å². The van der Waals surface area contributed by atoms with Gasteiger partial charge in [0.25, 0.3) is 0 Å². The molecule has 0 aliphatic carbocycles. The zero-order chi connectivity index (χ0) is 17.6. The third-order valence-corrected chi connectivity index (χ3v) is 5.80. The van der Waals surface area contributed by atoms with Crippen molar-refractivity contribution < 1.29 is 4.74 Å². The molecule has 0 saturated carbocycles. The van der Waals surface area contributed by atoms with Crippen LogP contribution < -0.4 is 10.6 Å². The highest BCUT2D eigenvalue weighted by molar-refractivity contribution is 5.35. The molecule has 138 valence electrons. The third kappa shape index (κ3) is 4.17. The van der Waals surface area contributed by atoms with Gasteiger partial charge < -0.3 is 15.4 Å². The van der Waals surface area contributed by atoms with Gasteiger partial charge in [-0.2, -0.15) is 0 Å². The molecule has 3 atom stereocenters. The van der Waals surface area contributed by atoms with Crippen LogP contribution in [0.25, 0.3) is 0 Å². The maximum Gasteiger partial charge on any atom is 0.0905 e. The van der Waals surface area contributed by atoms with E-state index in [2.05, 4.69) is 65.2 Å². The van der Waals surface area contributed by atoms with Crippen LogP contribution in [0.5, 0.6) is 0 Å². The largest absolute Gasteiger partial charge is 0.373 e. The van der Waals surface area contributed by atoms with Gasteiger partial charge >= 0.3 is 0 Å². The molecule has 0 spiro atoms. The van der Waals surface area contributed by atoms with E-state index in [9.17, 15) is 0 Å². The lowest BCUT2D eigenvalue weighted by molar-refractivity contribution is 0.0245. The van der Waals surface area contributed by atoms with Crippen LogP contribution in [-0.2, 0) is 11.3 Å². The summed E-state index contributed by atoms with van der Waals surface area (Å²) in [6.07, 6.45) is 5.15. The first-order chi connectivity index (χ1) is 12.9. The van der Waals surface area contributed by atoms with Gasteiger partial charge in [-0.3, -0.25) is 0 Å². The summed E-state index contributed by atoms with van der Waals surface area (Å²) in [4.78, 5) is 0. The Kier molecular flexibility index (Phi) is 6.00. The number of fused-ring (bicyclic) bond motifs is 1. The molecule has 0 aromatic heterocycles. The summed E-state index contributed by atoms with van der Waals surface area (Å²) in [5.41, 5.74) is 4.13. The first kappa shape index (κ1) is 17.7. The Balaban J connectivity index is 1.50. The van der Waals surface area contributed by atoms with Crippen molar-refractivity contribution in [3.05, 3.63) is 71.3 Å². The van der Waals surface area contributed by atoms with E-state index in [0.29, 0.717) is 12.0 Å². The minimum Gasteiger partial charge on any atom is -0.373 e. The SMILES string of the molecule is c1ccc(C(OCCC2CCCCN2)C2CNCc3ccccc32)cc1. The topological polar surface area (TPSA) is 33.3 Å². The van der Waals surface area contributed by atoms with Crippen LogP contribution in [0.3, 0.4) is 0 Å². The number of ether oxygens (including phenoxy) is 1. The van der Waals surface area contributed by atoms with Crippen LogP contribution in [0, 0.1) is 0 Å². The fourth-order valence-electron chi connectivity index (χ4n) is 4.39. The fourth-order valence-corrected chi connectivity index (χ4v) is 4.39. The highest BCUT2D eigenvalue weighted by Crippen LogP contribution is 2.37. The van der Waals surface area contributed by atoms with Crippen molar-refractivity contribution in [2.75, 3.05) is 19.7 Å². The Morgan fingerprint density at radius 2 is 1.85 bits per heavy atom. The van der Waals surface area contributed by atoms with Gasteiger partial charge in [0.2, 0.25) is 0 Å². The zero-order valence-corrected chi connectivity index (χ0v) is 15.5. The molecule has 26 heavy (non-hydrogen) atoms. The number of hydrogen-bond acceptors (Lipinski definition) is 3. The third-order valence-electron chi connectivity index (χ3n) is 5.80. The molecule has 0 amide bonds. The molecule has 2 heterocycles. The van der Waals surface area contributed by atoms with Crippen LogP contribution >= 0.6 is 0 Å². The average molecular weight is 351 g/mol. The minimum atomic E-state index is 0.105. The molecule has 2 aromatic carbocycles. The molecule has 2 aliphatic heterocycles. The molecule has 0 bridgehead atoms. The predicted octanol–water partition coefficient (Wildman–Crippen LogP) is 4.16. The maximum atomic E-state index is 6.55. The Labute approximate surface area is 157 Å². The van der Waals surface area contributed by atoms with Gasteiger partial charge in [0.1, 0.15) is 0 Å². The Morgan fingerprint density at radius 1 is 1.00 bits per heavy atom. The van der Waals surface area contributed by atoms with Gasteiger partial charge in [-0.1, -0.05) is 61.0 Å². The fraction of sp³-hybridized carbons (Fsp3) is 0.478. The maximum absolute atomic E-state index is 6.55. The second kappa shape index (κ2) is 8.81. The second-order valence-electron chi connectivity index (χ2n) is 7.57. The summed E-state index contributed by atoms with van der Waals surface area (Å²) in [5, 5.41) is 7.22. The van der Waals surface area contributed by atoms with Crippen molar-refractivity contribution in [1.29, 1.82) is 0 Å². The number of hydrogen-bond donors (Lipinski definition) is 2. The van der Waals surface area contributed by atoms with Crippen LogP contribution in [-0.4, -0.2) is 25.7 Å². The number of benzene rings is 2. The van der Waals surface area contributed by atoms with Crippen LogP contribution in [0.2, 0.25) is 0 Å². The summed E-state index contributed by atoms with van der Waals surface area (Å²) in [6.45, 7) is 3.90. The van der Waals surface area contributed by atoms with Crippen molar-refractivity contribution in [2.45, 2.75) is 50.3 Å². The summed E-state index contributed by atoms with van der Waals surface area (Å²) >= 11 is 0. The number of piperidine rings is 1. The molecule has 3 heteroatoms. The molecular weight excluding hydrogens is 320 g/mol. The molecule has 1 saturated heterocycles. The summed E-state index contributed by atoms with van der Waals surface area (Å²) in [6, 6.07) is 20.2. The van der Waals surface area contributed by atoms with E-state index < -0.39 is 0 Å². The van der Waals surface area contributed by atoms with E-state index in [1.807, 2.05) is 0 Å². The lowest BCUT2D eigenvalue weighted by Gasteiger charge is -2.34. The van der Waals surface area contributed by atoms with E-state index in [1.165, 1.54) is 36.0 Å². The highest BCUT2D eigenvalue weighted by atomic mass is 16.5. The number of nitrogens with one attached hydrogen (secondary N) is 2. The first-order valence-corrected chi connectivity index (χ1v) is 10.1. The molecule has 3 nitrogen and oxygen atoms in total. The predicted molar refractivity (Wildman–Crippen MR) is 106 cm³/mol. The molecule has 1 fully saturated rings. The van der Waals surface area contributed by atoms with Gasteiger partial charge in [0.15, 0.2) is 0 Å². The van der Waals surface area contributed by atoms with E-state index in [1.54, 1.807) is 0 Å². The minimum absolute atomic E-state index is 0.105. The van der Waals surface area contributed by atoms with Crippen LogP contribution in [0.15, 0.2) is 54.6 Å². The van der Waals surface area contributed by atoms with Gasteiger partial charge in [-0.05, 0) is 42.5 Å². The molecule has 2 N–H and O–H groups in total. The molecular formula is C23H30N2O. The van der Waals surface area contributed by atoms with Crippen molar-refractivity contribution in [3.63, 3.8) is 0 Å².